The summed E-state index contributed by atoms with van der Waals surface area (Å²) in [7, 11) is 3.23. The number of aromatic nitrogens is 1. The molecule has 2 heterocycles. The van der Waals surface area contributed by atoms with Crippen LogP contribution in [0.25, 0.3) is 11.3 Å². The van der Waals surface area contributed by atoms with E-state index in [1.165, 1.54) is 0 Å². The van der Waals surface area contributed by atoms with E-state index in [2.05, 4.69) is 4.98 Å². The number of amides is 1. The highest BCUT2D eigenvalue weighted by Crippen LogP contribution is 2.37. The Morgan fingerprint density at radius 3 is 2.68 bits per heavy atom. The first kappa shape index (κ1) is 21.2. The number of ether oxygens (including phenoxy) is 2. The molecule has 2 aromatic carbocycles. The number of likely N-dealkylation sites (tertiary alicyclic amines) is 1. The minimum absolute atomic E-state index is 0.0431. The number of nitrogens with zero attached hydrogens (tertiary/aromatic N) is 2. The van der Waals surface area contributed by atoms with Crippen molar-refractivity contribution in [2.45, 2.75) is 31.7 Å². The van der Waals surface area contributed by atoms with Crippen molar-refractivity contribution in [3.8, 4) is 22.8 Å². The molecule has 31 heavy (non-hydrogen) atoms. The molecule has 1 aliphatic heterocycles. The Morgan fingerprint density at radius 1 is 1.16 bits per heavy atom. The Hall–Kier alpha value is -2.99. The molecule has 1 amide bonds. The molecule has 1 saturated heterocycles. The van der Waals surface area contributed by atoms with Crippen molar-refractivity contribution in [1.29, 1.82) is 0 Å². The number of hydrogen-bond acceptors (Lipinski definition) is 5. The van der Waals surface area contributed by atoms with Gasteiger partial charge < -0.3 is 18.8 Å². The number of rotatable bonds is 7. The van der Waals surface area contributed by atoms with E-state index in [0.29, 0.717) is 41.0 Å². The summed E-state index contributed by atoms with van der Waals surface area (Å²) in [6.45, 7) is 0.749. The molecule has 1 unspecified atom stereocenters. The zero-order chi connectivity index (χ0) is 21.8. The highest BCUT2D eigenvalue weighted by molar-refractivity contribution is 6.30. The highest BCUT2D eigenvalue weighted by Gasteiger charge is 2.30. The second kappa shape index (κ2) is 9.43. The number of methoxy groups -OCH3 is 2. The highest BCUT2D eigenvalue weighted by atomic mass is 35.5. The maximum atomic E-state index is 13.0. The molecular formula is C24H25ClN2O4. The number of aryl methyl sites for hydroxylation is 1. The fourth-order valence-electron chi connectivity index (χ4n) is 4.00. The summed E-state index contributed by atoms with van der Waals surface area (Å²) in [5.41, 5.74) is 1.96. The van der Waals surface area contributed by atoms with Crippen molar-refractivity contribution >= 4 is 17.5 Å². The molecular weight excluding hydrogens is 416 g/mol. The first-order chi connectivity index (χ1) is 15.1. The maximum absolute atomic E-state index is 13.0. The summed E-state index contributed by atoms with van der Waals surface area (Å²) in [5, 5.41) is 0.670. The molecule has 1 atom stereocenters. The fourth-order valence-corrected chi connectivity index (χ4v) is 4.13. The molecule has 4 rings (SSSR count). The monoisotopic (exact) mass is 440 g/mol. The van der Waals surface area contributed by atoms with Gasteiger partial charge in [0.05, 0.1) is 26.5 Å². The Bertz CT molecular complexity index is 1050. The minimum Gasteiger partial charge on any atom is -0.493 e. The number of benzene rings is 2. The Labute approximate surface area is 186 Å². The van der Waals surface area contributed by atoms with Gasteiger partial charge in [0.15, 0.2) is 23.1 Å². The van der Waals surface area contributed by atoms with Gasteiger partial charge in [0.2, 0.25) is 5.91 Å². The molecule has 0 aliphatic carbocycles. The van der Waals surface area contributed by atoms with E-state index in [0.717, 1.165) is 30.5 Å². The van der Waals surface area contributed by atoms with Crippen molar-refractivity contribution in [1.82, 2.24) is 9.88 Å². The molecule has 0 saturated carbocycles. The third-order valence-electron chi connectivity index (χ3n) is 5.60. The first-order valence-electron chi connectivity index (χ1n) is 10.3. The van der Waals surface area contributed by atoms with Gasteiger partial charge in [-0.15, -0.1) is 0 Å². The summed E-state index contributed by atoms with van der Waals surface area (Å²) in [5.74, 6) is 2.68. The van der Waals surface area contributed by atoms with Gasteiger partial charge in [0.25, 0.3) is 0 Å². The number of hydrogen-bond donors (Lipinski definition) is 0. The smallest absolute Gasteiger partial charge is 0.223 e. The predicted octanol–water partition coefficient (Wildman–Crippen LogP) is 5.31. The normalized spacial score (nSPS) is 15.8. The van der Waals surface area contributed by atoms with Crippen LogP contribution in [0.1, 0.15) is 36.8 Å². The van der Waals surface area contributed by atoms with E-state index >= 15 is 0 Å². The molecule has 162 valence electrons. The third-order valence-corrected chi connectivity index (χ3v) is 5.85. The zero-order valence-corrected chi connectivity index (χ0v) is 18.4. The van der Waals surface area contributed by atoms with Gasteiger partial charge in [-0.05, 0) is 54.8 Å². The summed E-state index contributed by atoms with van der Waals surface area (Å²) in [6.07, 6.45) is 4.41. The van der Waals surface area contributed by atoms with Gasteiger partial charge >= 0.3 is 0 Å². The van der Waals surface area contributed by atoms with Crippen molar-refractivity contribution in [2.75, 3.05) is 20.8 Å². The average molecular weight is 441 g/mol. The predicted molar refractivity (Wildman–Crippen MR) is 119 cm³/mol. The fraction of sp³-hybridized carbons (Fsp3) is 0.333. The molecule has 0 N–H and O–H groups in total. The molecule has 6 nitrogen and oxygen atoms in total. The Morgan fingerprint density at radius 2 is 1.94 bits per heavy atom. The van der Waals surface area contributed by atoms with E-state index in [4.69, 9.17) is 25.5 Å². The molecule has 0 bridgehead atoms. The molecule has 0 spiro atoms. The summed E-state index contributed by atoms with van der Waals surface area (Å²) >= 11 is 5.94. The van der Waals surface area contributed by atoms with Crippen molar-refractivity contribution in [3.05, 3.63) is 65.1 Å². The lowest BCUT2D eigenvalue weighted by atomic mass is 10.0. The Kier molecular flexibility index (Phi) is 6.47. The topological polar surface area (TPSA) is 64.8 Å². The molecule has 7 heteroatoms. The molecule has 1 aliphatic rings. The van der Waals surface area contributed by atoms with Crippen LogP contribution in [0.15, 0.2) is 53.1 Å². The van der Waals surface area contributed by atoms with Gasteiger partial charge in [-0.3, -0.25) is 4.79 Å². The molecule has 1 fully saturated rings. The number of carbonyl (C=O) groups is 1. The number of halogens is 1. The van der Waals surface area contributed by atoms with Gasteiger partial charge in [-0.1, -0.05) is 17.7 Å². The summed E-state index contributed by atoms with van der Waals surface area (Å²) in [6, 6.07) is 13.3. The molecule has 1 aromatic heterocycles. The summed E-state index contributed by atoms with van der Waals surface area (Å²) in [4.78, 5) is 19.3. The molecule has 0 radical (unpaired) electrons. The van der Waals surface area contributed by atoms with Crippen molar-refractivity contribution in [2.24, 2.45) is 0 Å². The second-order valence-electron chi connectivity index (χ2n) is 7.48. The number of oxazole rings is 1. The SMILES string of the molecule is COc1ccc(C2CCCN2C(=O)CCc2ncc(-c3ccc(Cl)cc3)o2)cc1OC. The van der Waals surface area contributed by atoms with Crippen molar-refractivity contribution < 1.29 is 18.7 Å². The third kappa shape index (κ3) is 4.69. The van der Waals surface area contributed by atoms with Crippen LogP contribution < -0.4 is 9.47 Å². The van der Waals surface area contributed by atoms with Crippen LogP contribution in [0.4, 0.5) is 0 Å². The van der Waals surface area contributed by atoms with Crippen LogP contribution >= 0.6 is 11.6 Å². The van der Waals surface area contributed by atoms with E-state index in [9.17, 15) is 4.79 Å². The van der Waals surface area contributed by atoms with Gasteiger partial charge in [0, 0.05) is 30.0 Å². The van der Waals surface area contributed by atoms with E-state index in [1.807, 2.05) is 47.4 Å². The van der Waals surface area contributed by atoms with Crippen LogP contribution in [-0.4, -0.2) is 36.6 Å². The van der Waals surface area contributed by atoms with Crippen molar-refractivity contribution in [3.63, 3.8) is 0 Å². The lowest BCUT2D eigenvalue weighted by Crippen LogP contribution is -2.30. The van der Waals surface area contributed by atoms with Gasteiger partial charge in [-0.2, -0.15) is 0 Å². The largest absolute Gasteiger partial charge is 0.493 e. The lowest BCUT2D eigenvalue weighted by Gasteiger charge is -2.25. The van der Waals surface area contributed by atoms with Crippen LogP contribution in [0.2, 0.25) is 5.02 Å². The number of carbonyl (C=O) groups excluding carboxylic acids is 1. The minimum atomic E-state index is 0.0431. The second-order valence-corrected chi connectivity index (χ2v) is 7.92. The zero-order valence-electron chi connectivity index (χ0n) is 17.6. The molecule has 3 aromatic rings. The van der Waals surface area contributed by atoms with E-state index < -0.39 is 0 Å². The van der Waals surface area contributed by atoms with Crippen LogP contribution in [-0.2, 0) is 11.2 Å². The standard InChI is InChI=1S/C24H25ClN2O4/c1-29-20-10-7-17(14-21(20)30-2)19-4-3-13-27(19)24(28)12-11-23-26-15-22(31-23)16-5-8-18(25)9-6-16/h5-10,14-15,19H,3-4,11-13H2,1-2H3. The first-order valence-corrected chi connectivity index (χ1v) is 10.7. The van der Waals surface area contributed by atoms with E-state index in [-0.39, 0.29) is 11.9 Å². The van der Waals surface area contributed by atoms with Crippen LogP contribution in [0, 0.1) is 0 Å². The van der Waals surface area contributed by atoms with Crippen LogP contribution in [0.3, 0.4) is 0 Å². The quantitative estimate of drug-likeness (QED) is 0.498. The summed E-state index contributed by atoms with van der Waals surface area (Å²) < 4.78 is 16.6. The van der Waals surface area contributed by atoms with E-state index in [1.54, 1.807) is 20.4 Å². The lowest BCUT2D eigenvalue weighted by molar-refractivity contribution is -0.132. The van der Waals surface area contributed by atoms with Crippen LogP contribution in [0.5, 0.6) is 11.5 Å². The average Bonchev–Trinajstić information content (AvgIpc) is 3.47. The Balaban J connectivity index is 1.41. The van der Waals surface area contributed by atoms with Gasteiger partial charge in [0.1, 0.15) is 0 Å². The maximum Gasteiger partial charge on any atom is 0.223 e. The van der Waals surface area contributed by atoms with Gasteiger partial charge in [-0.25, -0.2) is 4.98 Å².